The molecule has 20 atom stereocenters. The fourth-order valence-electron chi connectivity index (χ4n) is 27.3. The van der Waals surface area contributed by atoms with E-state index in [2.05, 4.69) is 127 Å². The molecule has 13 unspecified atom stereocenters. The van der Waals surface area contributed by atoms with Crippen LogP contribution in [-0.4, -0.2) is 75.4 Å². The highest BCUT2D eigenvalue weighted by atomic mass is 16.3. The van der Waals surface area contributed by atoms with E-state index in [4.69, 9.17) is 0 Å². The van der Waals surface area contributed by atoms with E-state index >= 15 is 0 Å². The van der Waals surface area contributed by atoms with Gasteiger partial charge in [-0.1, -0.05) is 230 Å². The van der Waals surface area contributed by atoms with Crippen LogP contribution >= 0.6 is 0 Å². The molecule has 6 heterocycles. The van der Waals surface area contributed by atoms with E-state index in [0.717, 1.165) is 105 Å². The molecule has 6 fully saturated rings. The van der Waals surface area contributed by atoms with Gasteiger partial charge in [0.1, 0.15) is 0 Å². The van der Waals surface area contributed by atoms with Crippen molar-refractivity contribution in [2.45, 2.75) is 339 Å². The molecular weight excluding hydrogens is 1540 g/mol. The topological polar surface area (TPSA) is 207 Å². The smallest absolute Gasteiger partial charge is 0.352 e. The van der Waals surface area contributed by atoms with Crippen molar-refractivity contribution in [3.05, 3.63) is 234 Å². The number of aliphatic hydroxyl groups excluding tert-OH is 3. The predicted molar refractivity (Wildman–Crippen MR) is 498 cm³/mol. The summed E-state index contributed by atoms with van der Waals surface area (Å²) in [6, 6.07) is 27.0. The van der Waals surface area contributed by atoms with E-state index in [1.165, 1.54) is 137 Å². The van der Waals surface area contributed by atoms with Crippen LogP contribution in [-0.2, 0) is 13.1 Å². The second-order valence-corrected chi connectivity index (χ2v) is 42.9. The molecule has 3 aromatic heterocycles. The first-order valence-electron chi connectivity index (χ1n) is 48.9. The van der Waals surface area contributed by atoms with Crippen LogP contribution in [0.25, 0.3) is 17.1 Å². The molecule has 3 aromatic carbocycles. The first kappa shape index (κ1) is 89.3. The molecule has 3 aliphatic heterocycles. The summed E-state index contributed by atoms with van der Waals surface area (Å²) in [5, 5.41) is 31.8. The van der Waals surface area contributed by atoms with Crippen LogP contribution in [0.2, 0.25) is 0 Å². The number of rotatable bonds is 20. The van der Waals surface area contributed by atoms with Crippen molar-refractivity contribution in [3.63, 3.8) is 0 Å². The normalized spacial score (nSPS) is 31.7. The molecular formula is C106H147N9O9. The van der Waals surface area contributed by atoms with Gasteiger partial charge in [-0.2, -0.15) is 0 Å². The summed E-state index contributed by atoms with van der Waals surface area (Å²) in [5.74, 6) is 8.27. The van der Waals surface area contributed by atoms with E-state index in [0.29, 0.717) is 121 Å². The maximum absolute atomic E-state index is 14.2. The van der Waals surface area contributed by atoms with Gasteiger partial charge in [-0.15, -0.1) is 0 Å². The quantitative estimate of drug-likeness (QED) is 0.0621. The summed E-state index contributed by atoms with van der Waals surface area (Å²) in [5.41, 5.74) is 12.4. The molecule has 0 bridgehead atoms. The number of nitrogens with zero attached hydrogens (tertiary/aromatic N) is 9. The Hall–Kier alpha value is -8.06. The standard InChI is InChI=1S/C36H49N3O3.2C35H49N3O3/c1-23(2)24(3)13-14-25(4)31-17-18-32-26(10-9-19-36(31,32)5)21-33-30-16-15-29(40)20-27(30)22-37-34(41)38(35(42)39(33)37)28-11-7-6-8-12-28;1-22(2)10-9-11-24(4)29-16-17-30-28-21-32(27-20-26(39)15-14-23(27)3)38-34(41)36(25-12-7-6-8-13-25)33(40)37(38)31(28)18-19-35(29,30)5;1-23(2)10-8-11-24(3)30-17-18-31-25(12-9-19-35(30,31)4)21-32-29-16-15-28(39)20-26(29)22-36-33(40)37(34(41)38(32)36)27-13-6-5-7-14-27/h6-8,11-14,21,23-25,29,31-33,40H,9-10,15-20,22H2,1-5H3;6-8,12-13,21-22,24,26,29-32,39H,9-11,14-20H2,1-5H3;5-7,13-14,21,23-24,28,30-32,39H,8-12,15-20,22H2,1-4H3/b14-13+,26-21+;;25-21+/t24-,25+,29?,31?,32?,33?,36+;24-,26?,29?,30?,31?,32?,35-;24-,28?,30?,31?,32?,35-/m011/s1. The Morgan fingerprint density at radius 3 is 1.30 bits per heavy atom. The molecule has 12 aliphatic rings. The lowest BCUT2D eigenvalue weighted by Gasteiger charge is -2.49. The largest absolute Gasteiger partial charge is 0.393 e. The monoisotopic (exact) mass is 1690 g/mol. The van der Waals surface area contributed by atoms with Gasteiger partial charge in [0.05, 0.1) is 72.6 Å². The zero-order chi connectivity index (χ0) is 87.7. The van der Waals surface area contributed by atoms with Crippen molar-refractivity contribution in [1.82, 2.24) is 41.8 Å². The summed E-state index contributed by atoms with van der Waals surface area (Å²) < 4.78 is 14.3. The van der Waals surface area contributed by atoms with Crippen molar-refractivity contribution < 1.29 is 15.3 Å². The van der Waals surface area contributed by atoms with Crippen LogP contribution in [0.5, 0.6) is 0 Å². The number of aromatic nitrogens is 9. The average Bonchev–Trinajstić information content (AvgIpc) is 1.53. The molecule has 6 aromatic rings. The highest BCUT2D eigenvalue weighted by Gasteiger charge is 2.57. The van der Waals surface area contributed by atoms with Gasteiger partial charge in [-0.25, -0.2) is 70.6 Å². The van der Waals surface area contributed by atoms with Crippen LogP contribution in [0.15, 0.2) is 200 Å². The highest BCUT2D eigenvalue weighted by molar-refractivity contribution is 5.40. The molecule has 3 N–H and O–H groups in total. The third-order valence-electron chi connectivity index (χ3n) is 34.2. The zero-order valence-corrected chi connectivity index (χ0v) is 77.3. The zero-order valence-electron chi connectivity index (χ0n) is 77.3. The Kier molecular flexibility index (Phi) is 26.4. The minimum atomic E-state index is -0.406. The molecule has 9 aliphatic carbocycles. The Morgan fingerprint density at radius 2 is 0.831 bits per heavy atom. The first-order valence-corrected chi connectivity index (χ1v) is 48.9. The van der Waals surface area contributed by atoms with Crippen LogP contribution in [0.4, 0.5) is 0 Å². The van der Waals surface area contributed by atoms with E-state index in [9.17, 15) is 44.1 Å². The first-order chi connectivity index (χ1) is 59.4. The van der Waals surface area contributed by atoms with Gasteiger partial charge >= 0.3 is 34.1 Å². The number of para-hydroxylation sites is 3. The van der Waals surface area contributed by atoms with E-state index < -0.39 is 6.10 Å². The van der Waals surface area contributed by atoms with Crippen LogP contribution in [0, 0.1) is 93.2 Å². The Morgan fingerprint density at radius 1 is 0.419 bits per heavy atom. The number of benzene rings is 3. The Labute approximate surface area is 736 Å². The number of aliphatic hydroxyl groups is 3. The molecule has 0 spiro atoms. The van der Waals surface area contributed by atoms with Crippen molar-refractivity contribution in [2.75, 3.05) is 0 Å². The molecule has 6 saturated carbocycles. The van der Waals surface area contributed by atoms with Crippen LogP contribution < -0.4 is 34.1 Å². The lowest BCUT2D eigenvalue weighted by molar-refractivity contribution is 0.0701. The number of allylic oxidation sites excluding steroid dienone is 11. The predicted octanol–water partition coefficient (Wildman–Crippen LogP) is 20.6. The van der Waals surface area contributed by atoms with Gasteiger partial charge in [0, 0.05) is 0 Å². The Bertz CT molecular complexity index is 5480. The molecule has 0 saturated heterocycles. The van der Waals surface area contributed by atoms with Gasteiger partial charge in [-0.05, 0) is 318 Å². The molecule has 0 amide bonds. The lowest BCUT2D eigenvalue weighted by Crippen LogP contribution is -2.46. The Balaban J connectivity index is 0.000000137. The second-order valence-electron chi connectivity index (χ2n) is 42.9. The van der Waals surface area contributed by atoms with Crippen molar-refractivity contribution in [2.24, 2.45) is 93.2 Å². The summed E-state index contributed by atoms with van der Waals surface area (Å²) in [6.45, 7) is 34.1. The molecule has 18 nitrogen and oxygen atoms in total. The average molecular weight is 1690 g/mol. The van der Waals surface area contributed by atoms with Gasteiger partial charge in [0.25, 0.3) is 0 Å². The fourth-order valence-corrected chi connectivity index (χ4v) is 27.3. The maximum Gasteiger partial charge on any atom is 0.352 e. The summed E-state index contributed by atoms with van der Waals surface area (Å²) in [6.07, 6.45) is 41.3. The lowest BCUT2D eigenvalue weighted by atomic mass is 9.59. The minimum Gasteiger partial charge on any atom is -0.393 e. The molecule has 18 heteroatoms. The molecule has 18 rings (SSSR count). The SMILES string of the molecule is CC(C)CCC[C@@H](C)C1CCC2/C(=C/C3C4=C(CC(O)CC4)Cn4c(=O)n(-c5ccccc5)c(=O)n43)CCC[C@@]21C.CC(C)[C@@H](C)/C=C/[C@@H](C)C1CCC2/C(=C/C3C4=C(CC(O)CC4)Cn4c(=O)n(-c5ccccc5)c(=O)n43)CCC[C@@]21C.CC1=C(C2C=C3C(CC[C@@]4(C)C3CCC4[C@H](C)CCCC(C)C)n3c(=O)n(-c4ccccc4)c(=O)n32)CC(O)CC1. The fraction of sp³-hybridized carbons (Fsp3) is 0.642. The summed E-state index contributed by atoms with van der Waals surface area (Å²) in [4.78, 5) is 83.8. The van der Waals surface area contributed by atoms with Crippen LogP contribution in [0.3, 0.4) is 0 Å². The molecule has 124 heavy (non-hydrogen) atoms. The molecule has 670 valence electrons. The maximum atomic E-state index is 14.2. The van der Waals surface area contributed by atoms with Gasteiger partial charge < -0.3 is 15.3 Å². The van der Waals surface area contributed by atoms with E-state index in [1.54, 1.807) is 23.4 Å². The van der Waals surface area contributed by atoms with E-state index in [-0.39, 0.29) is 81.3 Å². The third kappa shape index (κ3) is 16.7. The minimum absolute atomic E-state index is 0.0843. The number of fused-ring (bicyclic) bond motifs is 9. The summed E-state index contributed by atoms with van der Waals surface area (Å²) >= 11 is 0. The second kappa shape index (κ2) is 36.6. The van der Waals surface area contributed by atoms with Crippen molar-refractivity contribution in [1.29, 1.82) is 0 Å². The van der Waals surface area contributed by atoms with Gasteiger partial charge in [-0.3, -0.25) is 0 Å². The highest BCUT2D eigenvalue weighted by Crippen LogP contribution is 2.65. The van der Waals surface area contributed by atoms with Gasteiger partial charge in [0.2, 0.25) is 0 Å². The van der Waals surface area contributed by atoms with Crippen LogP contribution in [0.1, 0.15) is 307 Å². The summed E-state index contributed by atoms with van der Waals surface area (Å²) in [7, 11) is 0. The number of hydrogen-bond donors (Lipinski definition) is 3. The van der Waals surface area contributed by atoms with E-state index in [1.807, 2.05) is 95.7 Å². The van der Waals surface area contributed by atoms with Crippen molar-refractivity contribution >= 4 is 0 Å². The molecule has 0 radical (unpaired) electrons. The number of hydrogen-bond acceptors (Lipinski definition) is 9. The third-order valence-corrected chi connectivity index (χ3v) is 34.2. The van der Waals surface area contributed by atoms with Gasteiger partial charge in [0.15, 0.2) is 0 Å². The van der Waals surface area contributed by atoms with Crippen molar-refractivity contribution in [3.8, 4) is 17.1 Å².